The molecule has 0 aliphatic carbocycles. The number of carbonyl (C=O) groups is 1. The molecule has 2 N–H and O–H groups in total. The SMILES string of the molecule is COCC1(C(=O)Nc2ccc(Br)c(OC)c2)CCNC1. The van der Waals surface area contributed by atoms with Gasteiger partial charge in [0, 0.05) is 25.4 Å². The third-order valence-corrected chi connectivity index (χ3v) is 4.21. The molecule has 6 heteroatoms. The van der Waals surface area contributed by atoms with Crippen LogP contribution in [0.5, 0.6) is 5.75 Å². The van der Waals surface area contributed by atoms with E-state index in [1.54, 1.807) is 20.3 Å². The second-order valence-corrected chi connectivity index (χ2v) is 5.80. The lowest BCUT2D eigenvalue weighted by Crippen LogP contribution is -2.41. The Morgan fingerprint density at radius 3 is 2.90 bits per heavy atom. The van der Waals surface area contributed by atoms with E-state index in [-0.39, 0.29) is 5.91 Å². The third kappa shape index (κ3) is 3.13. The highest BCUT2D eigenvalue weighted by atomic mass is 79.9. The van der Waals surface area contributed by atoms with Crippen molar-refractivity contribution in [1.82, 2.24) is 5.32 Å². The first kappa shape index (κ1) is 15.3. The van der Waals surface area contributed by atoms with E-state index in [0.29, 0.717) is 18.9 Å². The van der Waals surface area contributed by atoms with Crippen molar-refractivity contribution >= 4 is 27.5 Å². The van der Waals surface area contributed by atoms with Crippen molar-refractivity contribution in [3.8, 4) is 5.75 Å². The van der Waals surface area contributed by atoms with Crippen molar-refractivity contribution in [2.45, 2.75) is 6.42 Å². The molecule has 1 aliphatic rings. The molecular weight excluding hydrogens is 324 g/mol. The minimum atomic E-state index is -0.491. The van der Waals surface area contributed by atoms with Gasteiger partial charge in [0.1, 0.15) is 5.75 Å². The van der Waals surface area contributed by atoms with Crippen LogP contribution in [0.3, 0.4) is 0 Å². The van der Waals surface area contributed by atoms with Gasteiger partial charge in [-0.15, -0.1) is 0 Å². The molecule has 0 saturated carbocycles. The van der Waals surface area contributed by atoms with Crippen LogP contribution >= 0.6 is 15.9 Å². The molecule has 1 unspecified atom stereocenters. The summed E-state index contributed by atoms with van der Waals surface area (Å²) in [6, 6.07) is 5.49. The summed E-state index contributed by atoms with van der Waals surface area (Å²) in [5.41, 5.74) is 0.229. The zero-order valence-electron chi connectivity index (χ0n) is 11.7. The maximum Gasteiger partial charge on any atom is 0.234 e. The van der Waals surface area contributed by atoms with E-state index < -0.39 is 5.41 Å². The molecule has 1 aliphatic heterocycles. The fraction of sp³-hybridized carbons (Fsp3) is 0.500. The Morgan fingerprint density at radius 1 is 1.50 bits per heavy atom. The summed E-state index contributed by atoms with van der Waals surface area (Å²) in [7, 11) is 3.22. The molecule has 0 radical (unpaired) electrons. The summed E-state index contributed by atoms with van der Waals surface area (Å²) in [5, 5.41) is 6.17. The zero-order valence-corrected chi connectivity index (χ0v) is 13.2. The lowest BCUT2D eigenvalue weighted by atomic mass is 9.87. The molecule has 1 aromatic carbocycles. The molecule has 110 valence electrons. The summed E-state index contributed by atoms with van der Waals surface area (Å²) in [4.78, 5) is 12.5. The molecule has 20 heavy (non-hydrogen) atoms. The number of hydrogen-bond donors (Lipinski definition) is 2. The van der Waals surface area contributed by atoms with Crippen molar-refractivity contribution in [3.05, 3.63) is 22.7 Å². The van der Waals surface area contributed by atoms with Gasteiger partial charge in [-0.3, -0.25) is 4.79 Å². The van der Waals surface area contributed by atoms with Gasteiger partial charge in [0.2, 0.25) is 5.91 Å². The van der Waals surface area contributed by atoms with E-state index in [0.717, 1.165) is 23.1 Å². The molecule has 1 heterocycles. The average Bonchev–Trinajstić information content (AvgIpc) is 2.91. The van der Waals surface area contributed by atoms with Crippen LogP contribution in [0.2, 0.25) is 0 Å². The Bertz CT molecular complexity index is 487. The van der Waals surface area contributed by atoms with Crippen molar-refractivity contribution < 1.29 is 14.3 Å². The van der Waals surface area contributed by atoms with Gasteiger partial charge >= 0.3 is 0 Å². The molecule has 0 bridgehead atoms. The van der Waals surface area contributed by atoms with Crippen molar-refractivity contribution in [2.24, 2.45) is 5.41 Å². The quantitative estimate of drug-likeness (QED) is 0.859. The predicted molar refractivity (Wildman–Crippen MR) is 81.1 cm³/mol. The van der Waals surface area contributed by atoms with Crippen molar-refractivity contribution in [3.63, 3.8) is 0 Å². The lowest BCUT2D eigenvalue weighted by molar-refractivity contribution is -0.127. The van der Waals surface area contributed by atoms with E-state index >= 15 is 0 Å². The first-order valence-corrected chi connectivity index (χ1v) is 7.25. The number of amides is 1. The summed E-state index contributed by atoms with van der Waals surface area (Å²) in [6.45, 7) is 1.89. The second-order valence-electron chi connectivity index (χ2n) is 4.94. The van der Waals surface area contributed by atoms with Crippen LogP contribution in [0.15, 0.2) is 22.7 Å². The highest BCUT2D eigenvalue weighted by Crippen LogP contribution is 2.31. The van der Waals surface area contributed by atoms with Crippen molar-refractivity contribution in [2.75, 3.05) is 39.2 Å². The number of carbonyl (C=O) groups excluding carboxylic acids is 1. The van der Waals surface area contributed by atoms with Gasteiger partial charge in [-0.05, 0) is 41.0 Å². The normalized spacial score (nSPS) is 21.8. The van der Waals surface area contributed by atoms with E-state index in [2.05, 4.69) is 26.6 Å². The number of ether oxygens (including phenoxy) is 2. The molecule has 1 fully saturated rings. The van der Waals surface area contributed by atoms with E-state index in [4.69, 9.17) is 9.47 Å². The summed E-state index contributed by atoms with van der Waals surface area (Å²) < 4.78 is 11.3. The minimum Gasteiger partial charge on any atom is -0.495 e. The zero-order chi connectivity index (χ0) is 14.6. The van der Waals surface area contributed by atoms with Gasteiger partial charge in [0.15, 0.2) is 0 Å². The van der Waals surface area contributed by atoms with E-state index in [1.165, 1.54) is 0 Å². The largest absolute Gasteiger partial charge is 0.495 e. The fourth-order valence-electron chi connectivity index (χ4n) is 2.40. The Morgan fingerprint density at radius 2 is 2.30 bits per heavy atom. The van der Waals surface area contributed by atoms with E-state index in [9.17, 15) is 4.79 Å². The highest BCUT2D eigenvalue weighted by Gasteiger charge is 2.41. The highest BCUT2D eigenvalue weighted by molar-refractivity contribution is 9.10. The summed E-state index contributed by atoms with van der Waals surface area (Å²) in [5.74, 6) is 0.668. The number of rotatable bonds is 5. The van der Waals surface area contributed by atoms with Crippen LogP contribution in [0.1, 0.15) is 6.42 Å². The molecule has 0 spiro atoms. The Hall–Kier alpha value is -1.11. The number of benzene rings is 1. The standard InChI is InChI=1S/C14H19BrN2O3/c1-19-9-14(5-6-16-8-14)13(18)17-10-3-4-11(15)12(7-10)20-2/h3-4,7,16H,5-6,8-9H2,1-2H3,(H,17,18). The molecule has 2 rings (SSSR count). The van der Waals surface area contributed by atoms with Gasteiger partial charge in [-0.25, -0.2) is 0 Å². The van der Waals surface area contributed by atoms with Gasteiger partial charge < -0.3 is 20.1 Å². The summed E-state index contributed by atoms with van der Waals surface area (Å²) in [6.07, 6.45) is 0.778. The van der Waals surface area contributed by atoms with Crippen LogP contribution in [0.4, 0.5) is 5.69 Å². The number of hydrogen-bond acceptors (Lipinski definition) is 4. The molecule has 5 nitrogen and oxygen atoms in total. The van der Waals surface area contributed by atoms with Gasteiger partial charge in [0.25, 0.3) is 0 Å². The van der Waals surface area contributed by atoms with Crippen LogP contribution < -0.4 is 15.4 Å². The second kappa shape index (κ2) is 6.56. The summed E-state index contributed by atoms with van der Waals surface area (Å²) >= 11 is 3.39. The minimum absolute atomic E-state index is 0.0197. The molecule has 1 amide bonds. The maximum atomic E-state index is 12.5. The molecule has 0 aromatic heterocycles. The Balaban J connectivity index is 2.14. The van der Waals surface area contributed by atoms with Crippen LogP contribution in [0.25, 0.3) is 0 Å². The molecular formula is C14H19BrN2O3. The van der Waals surface area contributed by atoms with Crippen molar-refractivity contribution in [1.29, 1.82) is 0 Å². The predicted octanol–water partition coefficient (Wildman–Crippen LogP) is 2.02. The maximum absolute atomic E-state index is 12.5. The Kier molecular flexibility index (Phi) is 5.01. The van der Waals surface area contributed by atoms with Crippen LogP contribution in [-0.2, 0) is 9.53 Å². The molecule has 1 atom stereocenters. The third-order valence-electron chi connectivity index (χ3n) is 3.56. The Labute approximate surface area is 127 Å². The molecule has 1 aromatic rings. The lowest BCUT2D eigenvalue weighted by Gasteiger charge is -2.26. The van der Waals surface area contributed by atoms with Crippen LogP contribution in [-0.4, -0.2) is 39.8 Å². The van der Waals surface area contributed by atoms with Crippen LogP contribution in [0, 0.1) is 5.41 Å². The molecule has 1 saturated heterocycles. The topological polar surface area (TPSA) is 59.6 Å². The van der Waals surface area contributed by atoms with Gasteiger partial charge in [-0.1, -0.05) is 0 Å². The number of anilines is 1. The first-order valence-electron chi connectivity index (χ1n) is 6.46. The number of nitrogens with one attached hydrogen (secondary N) is 2. The first-order chi connectivity index (χ1) is 9.61. The number of methoxy groups -OCH3 is 2. The monoisotopic (exact) mass is 342 g/mol. The van der Waals surface area contributed by atoms with E-state index in [1.807, 2.05) is 12.1 Å². The smallest absolute Gasteiger partial charge is 0.234 e. The van der Waals surface area contributed by atoms with Gasteiger partial charge in [0.05, 0.1) is 23.6 Å². The van der Waals surface area contributed by atoms with Gasteiger partial charge in [-0.2, -0.15) is 0 Å². The number of halogens is 1. The average molecular weight is 343 g/mol. The fourth-order valence-corrected chi connectivity index (χ4v) is 2.81.